The smallest absolute Gasteiger partial charge is 0.271 e. The number of halogens is 1. The molecule has 1 aromatic heterocycles. The van der Waals surface area contributed by atoms with E-state index in [-0.39, 0.29) is 23.2 Å². The van der Waals surface area contributed by atoms with E-state index in [9.17, 15) is 14.0 Å². The number of rotatable bonds is 5. The lowest BCUT2D eigenvalue weighted by atomic mass is 9.99. The average Bonchev–Trinajstić information content (AvgIpc) is 2.67. The third-order valence-corrected chi connectivity index (χ3v) is 4.97. The lowest BCUT2D eigenvalue weighted by Crippen LogP contribution is -2.46. The van der Waals surface area contributed by atoms with Crippen molar-refractivity contribution in [2.75, 3.05) is 19.6 Å². The zero-order valence-electron chi connectivity index (χ0n) is 15.7. The molecule has 1 saturated heterocycles. The first-order valence-electron chi connectivity index (χ1n) is 9.32. The molecular formula is C20H25FN4O2. The lowest BCUT2D eigenvalue weighted by molar-refractivity contribution is 0.0911. The number of nitrogens with zero attached hydrogens (tertiary/aromatic N) is 3. The molecule has 2 aromatic rings. The number of benzene rings is 1. The molecular weight excluding hydrogens is 347 g/mol. The minimum Gasteiger partial charge on any atom is -0.349 e. The molecule has 1 fully saturated rings. The lowest BCUT2D eigenvalue weighted by Gasteiger charge is -2.35. The van der Waals surface area contributed by atoms with Crippen LogP contribution in [0.4, 0.5) is 4.39 Å². The summed E-state index contributed by atoms with van der Waals surface area (Å²) in [5.41, 5.74) is 0.179. The van der Waals surface area contributed by atoms with Crippen LogP contribution < -0.4 is 10.9 Å². The van der Waals surface area contributed by atoms with Crippen LogP contribution >= 0.6 is 0 Å². The van der Waals surface area contributed by atoms with Crippen molar-refractivity contribution in [2.45, 2.75) is 32.7 Å². The van der Waals surface area contributed by atoms with Gasteiger partial charge < -0.3 is 5.32 Å². The Morgan fingerprint density at radius 1 is 1.30 bits per heavy atom. The summed E-state index contributed by atoms with van der Waals surface area (Å²) in [7, 11) is 0. The molecule has 2 atom stereocenters. The number of hydrogen-bond donors (Lipinski definition) is 1. The quantitative estimate of drug-likeness (QED) is 0.874. The molecule has 0 radical (unpaired) electrons. The van der Waals surface area contributed by atoms with Gasteiger partial charge >= 0.3 is 0 Å². The first-order valence-corrected chi connectivity index (χ1v) is 9.32. The number of hydrogen-bond acceptors (Lipinski definition) is 4. The van der Waals surface area contributed by atoms with Crippen molar-refractivity contribution in [3.8, 4) is 5.69 Å². The van der Waals surface area contributed by atoms with Gasteiger partial charge in [0.25, 0.3) is 11.5 Å². The average molecular weight is 372 g/mol. The Labute approximate surface area is 158 Å². The maximum absolute atomic E-state index is 13.1. The third kappa shape index (κ3) is 4.80. The van der Waals surface area contributed by atoms with Crippen molar-refractivity contribution in [2.24, 2.45) is 5.92 Å². The topological polar surface area (TPSA) is 67.2 Å². The maximum atomic E-state index is 13.1. The summed E-state index contributed by atoms with van der Waals surface area (Å²) in [6.45, 7) is 6.97. The SMILES string of the molecule is C[C@@H]1CCCN([C@H](C)CNC(=O)c2ccc(=O)n(-c3ccc(F)cc3)n2)C1. The molecule has 1 N–H and O–H groups in total. The van der Waals surface area contributed by atoms with Gasteiger partial charge in [0.05, 0.1) is 5.69 Å². The van der Waals surface area contributed by atoms with Gasteiger partial charge in [-0.1, -0.05) is 6.92 Å². The largest absolute Gasteiger partial charge is 0.349 e. The summed E-state index contributed by atoms with van der Waals surface area (Å²) in [6, 6.07) is 8.33. The van der Waals surface area contributed by atoms with Crippen molar-refractivity contribution in [3.63, 3.8) is 0 Å². The highest BCUT2D eigenvalue weighted by atomic mass is 19.1. The molecule has 144 valence electrons. The van der Waals surface area contributed by atoms with Crippen molar-refractivity contribution in [1.82, 2.24) is 20.0 Å². The van der Waals surface area contributed by atoms with E-state index in [1.165, 1.54) is 49.2 Å². The molecule has 1 aromatic carbocycles. The number of carbonyl (C=O) groups excluding carboxylic acids is 1. The second-order valence-electron chi connectivity index (χ2n) is 7.25. The van der Waals surface area contributed by atoms with Crippen molar-refractivity contribution in [3.05, 3.63) is 58.3 Å². The number of carbonyl (C=O) groups is 1. The first-order chi connectivity index (χ1) is 12.9. The van der Waals surface area contributed by atoms with E-state index in [1.807, 2.05) is 0 Å². The van der Waals surface area contributed by atoms with E-state index < -0.39 is 5.82 Å². The standard InChI is InChI=1S/C20H25FN4O2/c1-14-4-3-11-24(13-14)15(2)12-22-20(27)18-9-10-19(26)25(23-18)17-7-5-16(21)6-8-17/h5-10,14-15H,3-4,11-13H2,1-2H3,(H,22,27)/t14-,15-/m1/s1. The Morgan fingerprint density at radius 3 is 2.74 bits per heavy atom. The molecule has 0 spiro atoms. The molecule has 1 amide bonds. The minimum atomic E-state index is -0.401. The normalized spacial score (nSPS) is 18.9. The Morgan fingerprint density at radius 2 is 2.04 bits per heavy atom. The fraction of sp³-hybridized carbons (Fsp3) is 0.450. The molecule has 0 unspecified atom stereocenters. The second kappa shape index (κ2) is 8.43. The highest BCUT2D eigenvalue weighted by Crippen LogP contribution is 2.17. The van der Waals surface area contributed by atoms with Crippen LogP contribution in [0.15, 0.2) is 41.2 Å². The van der Waals surface area contributed by atoms with Crippen LogP contribution in [-0.2, 0) is 0 Å². The molecule has 6 nitrogen and oxygen atoms in total. The zero-order valence-corrected chi connectivity index (χ0v) is 15.7. The fourth-order valence-corrected chi connectivity index (χ4v) is 3.39. The number of aromatic nitrogens is 2. The predicted octanol–water partition coefficient (Wildman–Crippen LogP) is 2.22. The van der Waals surface area contributed by atoms with E-state index in [1.54, 1.807) is 0 Å². The summed E-state index contributed by atoms with van der Waals surface area (Å²) in [6.07, 6.45) is 2.44. The van der Waals surface area contributed by atoms with Crippen molar-refractivity contribution < 1.29 is 9.18 Å². The van der Waals surface area contributed by atoms with Gasteiger partial charge in [-0.05, 0) is 62.6 Å². The molecule has 2 heterocycles. The summed E-state index contributed by atoms with van der Waals surface area (Å²) in [4.78, 5) is 26.9. The Kier molecular flexibility index (Phi) is 6.01. The molecule has 1 aliphatic heterocycles. The minimum absolute atomic E-state index is 0.151. The predicted molar refractivity (Wildman–Crippen MR) is 102 cm³/mol. The number of nitrogens with one attached hydrogen (secondary N) is 1. The van der Waals surface area contributed by atoms with Gasteiger partial charge in [-0.25, -0.2) is 4.39 Å². The van der Waals surface area contributed by atoms with Crippen molar-refractivity contribution in [1.29, 1.82) is 0 Å². The summed E-state index contributed by atoms with van der Waals surface area (Å²) in [5, 5.41) is 7.03. The van der Waals surface area contributed by atoms with Gasteiger partial charge in [0.2, 0.25) is 0 Å². The van der Waals surface area contributed by atoms with Crippen LogP contribution in [-0.4, -0.2) is 46.3 Å². The van der Waals surface area contributed by atoms with E-state index >= 15 is 0 Å². The molecule has 7 heteroatoms. The van der Waals surface area contributed by atoms with Crippen LogP contribution in [0.1, 0.15) is 37.2 Å². The molecule has 27 heavy (non-hydrogen) atoms. The van der Waals surface area contributed by atoms with E-state index in [4.69, 9.17) is 0 Å². The van der Waals surface area contributed by atoms with Gasteiger partial charge in [-0.15, -0.1) is 0 Å². The van der Waals surface area contributed by atoms with Gasteiger partial charge in [-0.3, -0.25) is 14.5 Å². The Hall–Kier alpha value is -2.54. The number of piperidine rings is 1. The van der Waals surface area contributed by atoms with Crippen LogP contribution in [0.2, 0.25) is 0 Å². The summed E-state index contributed by atoms with van der Waals surface area (Å²) < 4.78 is 14.2. The van der Waals surface area contributed by atoms with Crippen LogP contribution in [0.5, 0.6) is 0 Å². The highest BCUT2D eigenvalue weighted by molar-refractivity contribution is 5.92. The number of amides is 1. The van der Waals surface area contributed by atoms with Gasteiger partial charge in [0, 0.05) is 25.2 Å². The summed E-state index contributed by atoms with van der Waals surface area (Å²) >= 11 is 0. The highest BCUT2D eigenvalue weighted by Gasteiger charge is 2.21. The first kappa shape index (κ1) is 19.2. The molecule has 3 rings (SSSR count). The third-order valence-electron chi connectivity index (χ3n) is 4.97. The Bertz CT molecular complexity index is 850. The van der Waals surface area contributed by atoms with Crippen LogP contribution in [0.3, 0.4) is 0 Å². The molecule has 0 aliphatic carbocycles. The summed E-state index contributed by atoms with van der Waals surface area (Å²) in [5.74, 6) is -0.0534. The van der Waals surface area contributed by atoms with E-state index in [2.05, 4.69) is 29.2 Å². The van der Waals surface area contributed by atoms with E-state index in [0.29, 0.717) is 18.2 Å². The van der Waals surface area contributed by atoms with Gasteiger partial charge in [-0.2, -0.15) is 9.78 Å². The molecule has 0 saturated carbocycles. The van der Waals surface area contributed by atoms with Crippen LogP contribution in [0.25, 0.3) is 5.69 Å². The number of likely N-dealkylation sites (tertiary alicyclic amines) is 1. The second-order valence-corrected chi connectivity index (χ2v) is 7.25. The van der Waals surface area contributed by atoms with Crippen molar-refractivity contribution >= 4 is 5.91 Å². The monoisotopic (exact) mass is 372 g/mol. The maximum Gasteiger partial charge on any atom is 0.271 e. The molecule has 1 aliphatic rings. The Balaban J connectivity index is 1.67. The molecule has 0 bridgehead atoms. The van der Waals surface area contributed by atoms with Gasteiger partial charge in [0.15, 0.2) is 0 Å². The zero-order chi connectivity index (χ0) is 19.4. The van der Waals surface area contributed by atoms with Gasteiger partial charge in [0.1, 0.15) is 11.5 Å². The van der Waals surface area contributed by atoms with E-state index in [0.717, 1.165) is 17.8 Å². The van der Waals surface area contributed by atoms with Crippen LogP contribution in [0, 0.1) is 11.7 Å². The fourth-order valence-electron chi connectivity index (χ4n) is 3.39.